The topological polar surface area (TPSA) is 47.0 Å². The monoisotopic (exact) mass is 271 g/mol. The van der Waals surface area contributed by atoms with E-state index in [2.05, 4.69) is 4.98 Å². The van der Waals surface area contributed by atoms with Crippen molar-refractivity contribution in [2.24, 2.45) is 0 Å². The van der Waals surface area contributed by atoms with Gasteiger partial charge >= 0.3 is 0 Å². The average Bonchev–Trinajstić information content (AvgIpc) is 2.48. The molecule has 0 atom stereocenters. The number of carbonyl (C=O) groups is 2. The van der Waals surface area contributed by atoms with E-state index < -0.39 is 0 Å². The summed E-state index contributed by atoms with van der Waals surface area (Å²) in [5.74, 6) is -0.367. The number of hydrogen-bond donors (Lipinski definition) is 0. The van der Waals surface area contributed by atoms with E-state index in [0.717, 1.165) is 4.90 Å². The Hall–Kier alpha value is -1.94. The molecule has 0 bridgehead atoms. The van der Waals surface area contributed by atoms with Crippen LogP contribution in [-0.4, -0.2) is 22.8 Å². The third-order valence-electron chi connectivity index (χ3n) is 2.72. The molecule has 0 radical (unpaired) electrons. The van der Waals surface area contributed by atoms with E-state index in [9.17, 15) is 9.59 Å². The molecule has 0 spiro atoms. The van der Waals surface area contributed by atoms with Gasteiger partial charge in [-0.2, -0.15) is 0 Å². The van der Waals surface area contributed by atoms with Crippen LogP contribution in [0.15, 0.2) is 53.7 Å². The van der Waals surface area contributed by atoms with Gasteiger partial charge in [0.1, 0.15) is 0 Å². The van der Waals surface area contributed by atoms with Gasteiger partial charge in [0.15, 0.2) is 11.6 Å². The van der Waals surface area contributed by atoms with Gasteiger partial charge in [-0.25, -0.2) is 0 Å². The van der Waals surface area contributed by atoms with Gasteiger partial charge in [0, 0.05) is 28.4 Å². The third-order valence-corrected chi connectivity index (χ3v) is 3.46. The first-order valence-electron chi connectivity index (χ1n) is 5.81. The summed E-state index contributed by atoms with van der Waals surface area (Å²) in [4.78, 5) is 28.8. The number of thioether (sulfide) groups is 1. The van der Waals surface area contributed by atoms with Crippen LogP contribution in [0.4, 0.5) is 0 Å². The number of aromatic nitrogens is 1. The Balaban J connectivity index is 2.06. The summed E-state index contributed by atoms with van der Waals surface area (Å²) in [5, 5.41) is 0. The van der Waals surface area contributed by atoms with Crippen LogP contribution in [0.3, 0.4) is 0 Å². The van der Waals surface area contributed by atoms with Crippen molar-refractivity contribution in [3.63, 3.8) is 0 Å². The largest absolute Gasteiger partial charge is 0.294 e. The lowest BCUT2D eigenvalue weighted by atomic mass is 10.0. The Kier molecular flexibility index (Phi) is 4.47. The van der Waals surface area contributed by atoms with Crippen LogP contribution >= 0.6 is 11.8 Å². The molecule has 0 aliphatic rings. The molecule has 0 aliphatic carbocycles. The molecule has 0 amide bonds. The predicted octanol–water partition coefficient (Wildman–Crippen LogP) is 3.26. The number of pyridine rings is 1. The van der Waals surface area contributed by atoms with E-state index in [1.54, 1.807) is 42.2 Å². The van der Waals surface area contributed by atoms with Crippen LogP contribution in [0.2, 0.25) is 0 Å². The molecule has 0 aliphatic heterocycles. The molecule has 0 saturated heterocycles. The molecule has 4 heteroatoms. The molecule has 0 fully saturated rings. The summed E-state index contributed by atoms with van der Waals surface area (Å²) < 4.78 is 0. The van der Waals surface area contributed by atoms with Crippen molar-refractivity contribution in [3.05, 3.63) is 59.9 Å². The number of rotatable bonds is 5. The number of hydrogen-bond acceptors (Lipinski definition) is 4. The molecule has 96 valence electrons. The van der Waals surface area contributed by atoms with Crippen molar-refractivity contribution in [2.75, 3.05) is 6.26 Å². The van der Waals surface area contributed by atoms with Crippen molar-refractivity contribution in [1.82, 2.24) is 4.98 Å². The van der Waals surface area contributed by atoms with Gasteiger partial charge in [-0.05, 0) is 30.5 Å². The second kappa shape index (κ2) is 6.29. The first-order valence-corrected chi connectivity index (χ1v) is 7.03. The van der Waals surface area contributed by atoms with E-state index >= 15 is 0 Å². The van der Waals surface area contributed by atoms with E-state index in [1.807, 2.05) is 18.4 Å². The molecule has 0 saturated carbocycles. The number of benzene rings is 1. The average molecular weight is 271 g/mol. The van der Waals surface area contributed by atoms with Crippen molar-refractivity contribution < 1.29 is 9.59 Å². The van der Waals surface area contributed by atoms with Gasteiger partial charge in [0.2, 0.25) is 0 Å². The standard InChI is InChI=1S/C15H13NO2S/c1-19-13-6-4-11(5-7-13)14(17)9-15(18)12-3-2-8-16-10-12/h2-8,10H,9H2,1H3. The zero-order valence-electron chi connectivity index (χ0n) is 10.5. The molecule has 1 heterocycles. The Morgan fingerprint density at radius 3 is 2.32 bits per heavy atom. The second-order valence-corrected chi connectivity index (χ2v) is 4.87. The van der Waals surface area contributed by atoms with Crippen LogP contribution in [0.25, 0.3) is 0 Å². The van der Waals surface area contributed by atoms with E-state index in [-0.39, 0.29) is 18.0 Å². The minimum absolute atomic E-state index is 0.121. The van der Waals surface area contributed by atoms with Gasteiger partial charge in [-0.1, -0.05) is 12.1 Å². The molecular formula is C15H13NO2S. The van der Waals surface area contributed by atoms with Gasteiger partial charge < -0.3 is 0 Å². The van der Waals surface area contributed by atoms with E-state index in [0.29, 0.717) is 11.1 Å². The SMILES string of the molecule is CSc1ccc(C(=O)CC(=O)c2cccnc2)cc1. The fourth-order valence-corrected chi connectivity index (χ4v) is 2.06. The molecule has 0 unspecified atom stereocenters. The Morgan fingerprint density at radius 1 is 1.05 bits per heavy atom. The molecule has 1 aromatic heterocycles. The molecule has 19 heavy (non-hydrogen) atoms. The van der Waals surface area contributed by atoms with Crippen molar-refractivity contribution in [1.29, 1.82) is 0 Å². The highest BCUT2D eigenvalue weighted by atomic mass is 32.2. The van der Waals surface area contributed by atoms with Gasteiger partial charge in [0.25, 0.3) is 0 Å². The summed E-state index contributed by atoms with van der Waals surface area (Å²) in [7, 11) is 0. The fourth-order valence-electron chi connectivity index (χ4n) is 1.65. The third kappa shape index (κ3) is 3.51. The summed E-state index contributed by atoms with van der Waals surface area (Å²) in [6, 6.07) is 10.6. The molecular weight excluding hydrogens is 258 g/mol. The maximum Gasteiger partial charge on any atom is 0.172 e. The first-order chi connectivity index (χ1) is 9.20. The zero-order valence-corrected chi connectivity index (χ0v) is 11.3. The Morgan fingerprint density at radius 2 is 1.74 bits per heavy atom. The number of nitrogens with zero attached hydrogens (tertiary/aromatic N) is 1. The maximum atomic E-state index is 12.0. The Bertz CT molecular complexity index is 579. The summed E-state index contributed by atoms with van der Waals surface area (Å²) >= 11 is 1.61. The van der Waals surface area contributed by atoms with Crippen LogP contribution < -0.4 is 0 Å². The minimum Gasteiger partial charge on any atom is -0.294 e. The van der Waals surface area contributed by atoms with Crippen LogP contribution in [0.5, 0.6) is 0 Å². The quantitative estimate of drug-likeness (QED) is 0.476. The minimum atomic E-state index is -0.202. The molecule has 2 aromatic rings. The highest BCUT2D eigenvalue weighted by Crippen LogP contribution is 2.16. The van der Waals surface area contributed by atoms with Crippen LogP contribution in [-0.2, 0) is 0 Å². The lowest BCUT2D eigenvalue weighted by Crippen LogP contribution is -2.08. The predicted molar refractivity (Wildman–Crippen MR) is 75.7 cm³/mol. The summed E-state index contributed by atoms with van der Waals surface area (Å²) in [6.45, 7) is 0. The van der Waals surface area contributed by atoms with Gasteiger partial charge in [0.05, 0.1) is 6.42 Å². The van der Waals surface area contributed by atoms with Gasteiger partial charge in [-0.3, -0.25) is 14.6 Å². The maximum absolute atomic E-state index is 12.0. The molecule has 3 nitrogen and oxygen atoms in total. The lowest BCUT2D eigenvalue weighted by Gasteiger charge is -2.02. The summed E-state index contributed by atoms with van der Waals surface area (Å²) in [5.41, 5.74) is 1.03. The van der Waals surface area contributed by atoms with Crippen LogP contribution in [0.1, 0.15) is 27.1 Å². The number of Topliss-reactive ketones (excluding diaryl/α,β-unsaturated/α-hetero) is 2. The normalized spacial score (nSPS) is 10.2. The van der Waals surface area contributed by atoms with Crippen molar-refractivity contribution in [3.8, 4) is 0 Å². The smallest absolute Gasteiger partial charge is 0.172 e. The first kappa shape index (κ1) is 13.5. The fraction of sp³-hybridized carbons (Fsp3) is 0.133. The number of ketones is 2. The highest BCUT2D eigenvalue weighted by Gasteiger charge is 2.13. The van der Waals surface area contributed by atoms with Crippen molar-refractivity contribution >= 4 is 23.3 Å². The molecule has 0 N–H and O–H groups in total. The van der Waals surface area contributed by atoms with E-state index in [1.165, 1.54) is 6.20 Å². The van der Waals surface area contributed by atoms with Crippen LogP contribution in [0, 0.1) is 0 Å². The van der Waals surface area contributed by atoms with E-state index in [4.69, 9.17) is 0 Å². The second-order valence-electron chi connectivity index (χ2n) is 3.99. The lowest BCUT2D eigenvalue weighted by molar-refractivity contribution is 0.0894. The van der Waals surface area contributed by atoms with Gasteiger partial charge in [-0.15, -0.1) is 11.8 Å². The Labute approximate surface area is 116 Å². The molecule has 2 rings (SSSR count). The number of carbonyl (C=O) groups excluding carboxylic acids is 2. The zero-order chi connectivity index (χ0) is 13.7. The highest BCUT2D eigenvalue weighted by molar-refractivity contribution is 7.98. The summed E-state index contributed by atoms with van der Waals surface area (Å²) in [6.07, 6.45) is 4.93. The van der Waals surface area contributed by atoms with Crippen molar-refractivity contribution in [2.45, 2.75) is 11.3 Å². The molecule has 1 aromatic carbocycles.